The van der Waals surface area contributed by atoms with Crippen LogP contribution in [-0.4, -0.2) is 61.4 Å². The highest BCUT2D eigenvalue weighted by molar-refractivity contribution is 5.81. The van der Waals surface area contributed by atoms with Crippen molar-refractivity contribution in [1.82, 2.24) is 15.1 Å². The predicted molar refractivity (Wildman–Crippen MR) is 91.7 cm³/mol. The molecule has 0 bridgehead atoms. The zero-order valence-electron chi connectivity index (χ0n) is 15.7. The second kappa shape index (κ2) is 9.13. The Balaban J connectivity index is 4.14. The molecule has 2 unspecified atom stereocenters. The maximum absolute atomic E-state index is 11.9. The molecule has 5 nitrogen and oxygen atoms in total. The van der Waals surface area contributed by atoms with Crippen LogP contribution in [0.1, 0.15) is 53.9 Å². The second-order valence-electron chi connectivity index (χ2n) is 7.73. The number of rotatable bonds is 8. The Morgan fingerprint density at radius 1 is 1.09 bits per heavy atom. The van der Waals surface area contributed by atoms with Crippen LogP contribution >= 0.6 is 0 Å². The van der Waals surface area contributed by atoms with E-state index >= 15 is 0 Å². The fraction of sp³-hybridized carbons (Fsp3) is 0.882. The first-order valence-corrected chi connectivity index (χ1v) is 8.15. The van der Waals surface area contributed by atoms with Crippen LogP contribution in [0.25, 0.3) is 0 Å². The molecule has 2 amide bonds. The summed E-state index contributed by atoms with van der Waals surface area (Å²) in [5.41, 5.74) is 0.272. The van der Waals surface area contributed by atoms with E-state index in [1.807, 2.05) is 25.8 Å². The topological polar surface area (TPSA) is 52.7 Å². The molecule has 5 heteroatoms. The summed E-state index contributed by atoms with van der Waals surface area (Å²) in [6, 6.07) is -0.153. The van der Waals surface area contributed by atoms with E-state index in [1.54, 1.807) is 19.0 Å². The molecule has 0 aliphatic heterocycles. The molecule has 0 saturated carbocycles. The quantitative estimate of drug-likeness (QED) is 0.747. The maximum Gasteiger partial charge on any atom is 0.239 e. The Kier molecular flexibility index (Phi) is 8.68. The normalized spacial score (nSPS) is 14.6. The number of hydrogen-bond donors (Lipinski definition) is 1. The molecular weight excluding hydrogens is 278 g/mol. The lowest BCUT2D eigenvalue weighted by molar-refractivity contribution is -0.133. The van der Waals surface area contributed by atoms with Crippen LogP contribution in [0.3, 0.4) is 0 Å². The predicted octanol–water partition coefficient (Wildman–Crippen LogP) is 2.12. The third-order valence-corrected chi connectivity index (χ3v) is 3.76. The van der Waals surface area contributed by atoms with Gasteiger partial charge in [-0.3, -0.25) is 14.5 Å². The molecular formula is C17H35N3O2. The summed E-state index contributed by atoms with van der Waals surface area (Å²) < 4.78 is 0. The molecule has 0 saturated heterocycles. The lowest BCUT2D eigenvalue weighted by atomic mass is 9.90. The van der Waals surface area contributed by atoms with Crippen molar-refractivity contribution in [1.29, 1.82) is 0 Å². The summed E-state index contributed by atoms with van der Waals surface area (Å²) in [5.74, 6) is 0.169. The monoisotopic (exact) mass is 313 g/mol. The minimum atomic E-state index is -0.185. The van der Waals surface area contributed by atoms with Crippen molar-refractivity contribution in [2.24, 2.45) is 5.41 Å². The Hall–Kier alpha value is -1.10. The Bertz CT molecular complexity index is 361. The zero-order chi connectivity index (χ0) is 17.5. The van der Waals surface area contributed by atoms with Crippen LogP contribution in [0.5, 0.6) is 0 Å². The summed E-state index contributed by atoms with van der Waals surface area (Å²) in [4.78, 5) is 27.4. The van der Waals surface area contributed by atoms with Crippen molar-refractivity contribution < 1.29 is 9.59 Å². The highest BCUT2D eigenvalue weighted by atomic mass is 16.2. The number of carbonyl (C=O) groups excluding carboxylic acids is 2. The number of likely N-dealkylation sites (N-methyl/N-ethyl adjacent to an activating group) is 2. The Morgan fingerprint density at radius 2 is 1.64 bits per heavy atom. The van der Waals surface area contributed by atoms with Crippen molar-refractivity contribution in [3.63, 3.8) is 0 Å². The molecule has 0 aliphatic rings. The van der Waals surface area contributed by atoms with Crippen LogP contribution < -0.4 is 5.32 Å². The smallest absolute Gasteiger partial charge is 0.239 e. The minimum absolute atomic E-state index is 0.0320. The van der Waals surface area contributed by atoms with E-state index in [4.69, 9.17) is 0 Å². The summed E-state index contributed by atoms with van der Waals surface area (Å²) in [6.07, 6.45) is 2.52. The average Bonchev–Trinajstić information content (AvgIpc) is 2.34. The van der Waals surface area contributed by atoms with E-state index in [0.29, 0.717) is 13.0 Å². The van der Waals surface area contributed by atoms with Gasteiger partial charge < -0.3 is 10.2 Å². The molecule has 0 rings (SSSR count). The molecule has 0 spiro atoms. The Morgan fingerprint density at radius 3 is 2.09 bits per heavy atom. The van der Waals surface area contributed by atoms with E-state index in [1.165, 1.54) is 0 Å². The highest BCUT2D eigenvalue weighted by Gasteiger charge is 2.21. The van der Waals surface area contributed by atoms with Crippen molar-refractivity contribution in [3.8, 4) is 0 Å². The standard InChI is InChI=1S/C17H35N3O2/c1-13(12-20(8)14(2)16(22)19(6)7)18-15(21)10-9-11-17(3,4)5/h13-14H,9-12H2,1-8H3,(H,18,21). The zero-order valence-corrected chi connectivity index (χ0v) is 15.7. The summed E-state index contributed by atoms with van der Waals surface area (Å²) in [7, 11) is 5.43. The van der Waals surface area contributed by atoms with Gasteiger partial charge in [-0.2, -0.15) is 0 Å². The van der Waals surface area contributed by atoms with Crippen LogP contribution in [0.15, 0.2) is 0 Å². The van der Waals surface area contributed by atoms with Crippen molar-refractivity contribution in [2.45, 2.75) is 66.0 Å². The molecule has 0 aliphatic carbocycles. The molecule has 22 heavy (non-hydrogen) atoms. The molecule has 130 valence electrons. The molecule has 0 radical (unpaired) electrons. The van der Waals surface area contributed by atoms with Crippen molar-refractivity contribution >= 4 is 11.8 Å². The molecule has 0 aromatic rings. The molecule has 0 aromatic heterocycles. The number of amides is 2. The van der Waals surface area contributed by atoms with E-state index in [0.717, 1.165) is 12.8 Å². The number of hydrogen-bond acceptors (Lipinski definition) is 3. The highest BCUT2D eigenvalue weighted by Crippen LogP contribution is 2.21. The van der Waals surface area contributed by atoms with Gasteiger partial charge >= 0.3 is 0 Å². The maximum atomic E-state index is 11.9. The van der Waals surface area contributed by atoms with E-state index in [2.05, 4.69) is 26.1 Å². The van der Waals surface area contributed by atoms with Gasteiger partial charge in [0.2, 0.25) is 11.8 Å². The summed E-state index contributed by atoms with van der Waals surface area (Å²) in [5, 5.41) is 3.01. The fourth-order valence-electron chi connectivity index (χ4n) is 2.32. The molecule has 0 fully saturated rings. The van der Waals surface area contributed by atoms with Gasteiger partial charge in [-0.25, -0.2) is 0 Å². The van der Waals surface area contributed by atoms with Gasteiger partial charge in [0.05, 0.1) is 6.04 Å². The van der Waals surface area contributed by atoms with Crippen LogP contribution in [0.4, 0.5) is 0 Å². The number of carbonyl (C=O) groups is 2. The van der Waals surface area contributed by atoms with Gasteiger partial charge in [0.15, 0.2) is 0 Å². The van der Waals surface area contributed by atoms with Crippen molar-refractivity contribution in [3.05, 3.63) is 0 Å². The summed E-state index contributed by atoms with van der Waals surface area (Å²) in [6.45, 7) is 11.1. The first kappa shape index (κ1) is 20.9. The lowest BCUT2D eigenvalue weighted by Crippen LogP contribution is -2.48. The SMILES string of the molecule is CC(CN(C)C(C)C(=O)N(C)C)NC(=O)CCCC(C)(C)C. The third kappa shape index (κ3) is 9.03. The van der Waals surface area contributed by atoms with Gasteiger partial charge in [0.1, 0.15) is 0 Å². The van der Waals surface area contributed by atoms with E-state index < -0.39 is 0 Å². The molecule has 0 aromatic carbocycles. The number of nitrogens with one attached hydrogen (secondary N) is 1. The van der Waals surface area contributed by atoms with E-state index in [-0.39, 0.29) is 29.3 Å². The van der Waals surface area contributed by atoms with Gasteiger partial charge in [-0.15, -0.1) is 0 Å². The van der Waals surface area contributed by atoms with Gasteiger partial charge in [-0.1, -0.05) is 20.8 Å². The van der Waals surface area contributed by atoms with Crippen molar-refractivity contribution in [2.75, 3.05) is 27.7 Å². The largest absolute Gasteiger partial charge is 0.352 e. The molecule has 1 N–H and O–H groups in total. The number of nitrogens with zero attached hydrogens (tertiary/aromatic N) is 2. The Labute approximate surface area is 136 Å². The fourth-order valence-corrected chi connectivity index (χ4v) is 2.32. The minimum Gasteiger partial charge on any atom is -0.352 e. The van der Waals surface area contributed by atoms with Gasteiger partial charge in [0.25, 0.3) is 0 Å². The first-order valence-electron chi connectivity index (χ1n) is 8.15. The average molecular weight is 313 g/mol. The molecule has 0 heterocycles. The lowest BCUT2D eigenvalue weighted by Gasteiger charge is -2.29. The first-order chi connectivity index (χ1) is 9.94. The molecule has 2 atom stereocenters. The van der Waals surface area contributed by atoms with Gasteiger partial charge in [0, 0.05) is 33.1 Å². The van der Waals surface area contributed by atoms with Gasteiger partial charge in [-0.05, 0) is 39.2 Å². The van der Waals surface area contributed by atoms with E-state index in [9.17, 15) is 9.59 Å². The van der Waals surface area contributed by atoms with Crippen LogP contribution in [0.2, 0.25) is 0 Å². The second-order valence-corrected chi connectivity index (χ2v) is 7.73. The van der Waals surface area contributed by atoms with Crippen LogP contribution in [0, 0.1) is 5.41 Å². The summed E-state index contributed by atoms with van der Waals surface area (Å²) >= 11 is 0. The van der Waals surface area contributed by atoms with Crippen LogP contribution in [-0.2, 0) is 9.59 Å². The third-order valence-electron chi connectivity index (χ3n) is 3.76.